The number of nitrogens with two attached hydrogens (primary N) is 1. The molecule has 7 nitrogen and oxygen atoms in total. The second-order valence-corrected chi connectivity index (χ2v) is 4.85. The fraction of sp³-hybridized carbons (Fsp3) is 0.0625. The van der Waals surface area contributed by atoms with E-state index in [0.29, 0.717) is 23.0 Å². The molecule has 0 bridgehead atoms. The molecule has 5 N–H and O–H groups in total. The molecule has 7 heteroatoms. The molecule has 23 heavy (non-hydrogen) atoms. The maximum atomic E-state index is 7.33. The summed E-state index contributed by atoms with van der Waals surface area (Å²) in [6.07, 6.45) is 1.21. The highest BCUT2D eigenvalue weighted by atomic mass is 16.5. The van der Waals surface area contributed by atoms with E-state index in [-0.39, 0.29) is 0 Å². The third-order valence-corrected chi connectivity index (χ3v) is 3.33. The SMILES string of the molecule is COc1cccc(-c2nc(Nc3ccc(N)c(C=N)c3)n[nH]2)c1. The second-order valence-electron chi connectivity index (χ2n) is 4.85. The predicted octanol–water partition coefficient (Wildman–Crippen LogP) is 2.80. The Kier molecular flexibility index (Phi) is 3.92. The lowest BCUT2D eigenvalue weighted by Gasteiger charge is -2.05. The van der Waals surface area contributed by atoms with Crippen LogP contribution in [0.1, 0.15) is 5.56 Å². The van der Waals surface area contributed by atoms with Gasteiger partial charge in [0.1, 0.15) is 5.75 Å². The number of benzene rings is 2. The van der Waals surface area contributed by atoms with E-state index in [1.165, 1.54) is 6.21 Å². The van der Waals surface area contributed by atoms with E-state index in [1.54, 1.807) is 19.2 Å². The van der Waals surface area contributed by atoms with Crippen LogP contribution in [-0.2, 0) is 0 Å². The summed E-state index contributed by atoms with van der Waals surface area (Å²) in [5, 5.41) is 17.4. The summed E-state index contributed by atoms with van der Waals surface area (Å²) in [4.78, 5) is 4.41. The Balaban J connectivity index is 1.83. The van der Waals surface area contributed by atoms with Crippen LogP contribution in [0.3, 0.4) is 0 Å². The van der Waals surface area contributed by atoms with Gasteiger partial charge >= 0.3 is 0 Å². The molecule has 116 valence electrons. The zero-order chi connectivity index (χ0) is 16.2. The Morgan fingerprint density at radius 2 is 2.13 bits per heavy atom. The molecule has 1 aromatic heterocycles. The topological polar surface area (TPSA) is 113 Å². The second kappa shape index (κ2) is 6.18. The third kappa shape index (κ3) is 3.13. The van der Waals surface area contributed by atoms with Gasteiger partial charge in [0.25, 0.3) is 0 Å². The largest absolute Gasteiger partial charge is 0.497 e. The molecule has 2 aromatic carbocycles. The molecule has 0 saturated heterocycles. The van der Waals surface area contributed by atoms with Crippen LogP contribution in [-0.4, -0.2) is 28.5 Å². The van der Waals surface area contributed by atoms with Crippen molar-refractivity contribution in [1.29, 1.82) is 5.41 Å². The van der Waals surface area contributed by atoms with Crippen LogP contribution in [0.2, 0.25) is 0 Å². The van der Waals surface area contributed by atoms with Crippen LogP contribution >= 0.6 is 0 Å². The number of nitrogen functional groups attached to an aromatic ring is 1. The number of H-pyrrole nitrogens is 1. The number of aromatic amines is 1. The van der Waals surface area contributed by atoms with Gasteiger partial charge in [-0.2, -0.15) is 4.98 Å². The molecule has 0 unspecified atom stereocenters. The molecule has 0 atom stereocenters. The van der Waals surface area contributed by atoms with E-state index >= 15 is 0 Å². The molecule has 0 aliphatic carbocycles. The van der Waals surface area contributed by atoms with Crippen molar-refractivity contribution in [2.45, 2.75) is 0 Å². The predicted molar refractivity (Wildman–Crippen MR) is 90.4 cm³/mol. The molecule has 0 spiro atoms. The van der Waals surface area contributed by atoms with Crippen molar-refractivity contribution in [3.8, 4) is 17.1 Å². The maximum Gasteiger partial charge on any atom is 0.246 e. The summed E-state index contributed by atoms with van der Waals surface area (Å²) in [6.45, 7) is 0. The standard InChI is InChI=1S/C16H16N6O/c1-23-13-4-2-3-10(8-13)15-20-16(22-21-15)19-12-5-6-14(18)11(7-12)9-17/h2-9,17H,18H2,1H3,(H2,19,20,21,22). The monoisotopic (exact) mass is 308 g/mol. The molecule has 0 aliphatic rings. The minimum atomic E-state index is 0.434. The number of nitrogens with one attached hydrogen (secondary N) is 3. The van der Waals surface area contributed by atoms with E-state index in [0.717, 1.165) is 17.0 Å². The van der Waals surface area contributed by atoms with Crippen LogP contribution in [0.25, 0.3) is 11.4 Å². The molecule has 1 heterocycles. The number of ether oxygens (including phenoxy) is 1. The highest BCUT2D eigenvalue weighted by molar-refractivity contribution is 5.87. The maximum absolute atomic E-state index is 7.33. The zero-order valence-electron chi connectivity index (χ0n) is 12.5. The van der Waals surface area contributed by atoms with Crippen molar-refractivity contribution < 1.29 is 4.74 Å². The van der Waals surface area contributed by atoms with E-state index in [2.05, 4.69) is 20.5 Å². The molecular formula is C16H16N6O. The normalized spacial score (nSPS) is 10.3. The Morgan fingerprint density at radius 1 is 1.26 bits per heavy atom. The molecule has 0 aliphatic heterocycles. The fourth-order valence-corrected chi connectivity index (χ4v) is 2.12. The summed E-state index contributed by atoms with van der Waals surface area (Å²) in [5.41, 5.74) is 8.60. The summed E-state index contributed by atoms with van der Waals surface area (Å²) < 4.78 is 5.20. The molecule has 0 amide bonds. The molecule has 0 saturated carbocycles. The van der Waals surface area contributed by atoms with Crippen molar-refractivity contribution in [1.82, 2.24) is 15.2 Å². The lowest BCUT2D eigenvalue weighted by molar-refractivity contribution is 0.415. The van der Waals surface area contributed by atoms with E-state index in [4.69, 9.17) is 15.9 Å². The van der Waals surface area contributed by atoms with Crippen LogP contribution in [0, 0.1) is 5.41 Å². The fourth-order valence-electron chi connectivity index (χ4n) is 2.12. The van der Waals surface area contributed by atoms with Gasteiger partial charge in [0.15, 0.2) is 5.82 Å². The average molecular weight is 308 g/mol. The van der Waals surface area contributed by atoms with Crippen LogP contribution < -0.4 is 15.8 Å². The quantitative estimate of drug-likeness (QED) is 0.427. The van der Waals surface area contributed by atoms with E-state index in [9.17, 15) is 0 Å². The van der Waals surface area contributed by atoms with Gasteiger partial charge in [-0.05, 0) is 30.3 Å². The van der Waals surface area contributed by atoms with Gasteiger partial charge in [0.05, 0.1) is 7.11 Å². The van der Waals surface area contributed by atoms with Crippen LogP contribution in [0.15, 0.2) is 42.5 Å². The van der Waals surface area contributed by atoms with Gasteiger partial charge in [-0.15, -0.1) is 5.10 Å². The Bertz CT molecular complexity index is 842. The van der Waals surface area contributed by atoms with Crippen LogP contribution in [0.4, 0.5) is 17.3 Å². The Morgan fingerprint density at radius 3 is 2.91 bits per heavy atom. The lowest BCUT2D eigenvalue weighted by Crippen LogP contribution is -1.97. The van der Waals surface area contributed by atoms with Gasteiger partial charge in [-0.1, -0.05) is 12.1 Å². The Hall–Kier alpha value is -3.35. The minimum Gasteiger partial charge on any atom is -0.497 e. The van der Waals surface area contributed by atoms with Crippen molar-refractivity contribution in [2.24, 2.45) is 0 Å². The smallest absolute Gasteiger partial charge is 0.246 e. The first kappa shape index (κ1) is 14.6. The van der Waals surface area contributed by atoms with Crippen molar-refractivity contribution >= 4 is 23.5 Å². The molecule has 3 aromatic rings. The van der Waals surface area contributed by atoms with E-state index in [1.807, 2.05) is 30.3 Å². The molecular weight excluding hydrogens is 292 g/mol. The summed E-state index contributed by atoms with van der Waals surface area (Å²) >= 11 is 0. The first-order chi connectivity index (χ1) is 11.2. The first-order valence-corrected chi connectivity index (χ1v) is 6.93. The van der Waals surface area contributed by atoms with Gasteiger partial charge in [-0.3, -0.25) is 5.10 Å². The number of anilines is 3. The van der Waals surface area contributed by atoms with Crippen molar-refractivity contribution in [2.75, 3.05) is 18.2 Å². The summed E-state index contributed by atoms with van der Waals surface area (Å²) in [7, 11) is 1.62. The number of hydrogen-bond donors (Lipinski definition) is 4. The van der Waals surface area contributed by atoms with Crippen LogP contribution in [0.5, 0.6) is 5.75 Å². The van der Waals surface area contributed by atoms with Gasteiger partial charge in [-0.25, -0.2) is 0 Å². The van der Waals surface area contributed by atoms with Gasteiger partial charge < -0.3 is 21.2 Å². The number of aromatic nitrogens is 3. The highest BCUT2D eigenvalue weighted by Crippen LogP contribution is 2.23. The van der Waals surface area contributed by atoms with Gasteiger partial charge in [0, 0.05) is 28.7 Å². The number of rotatable bonds is 5. The first-order valence-electron chi connectivity index (χ1n) is 6.93. The molecule has 0 radical (unpaired) electrons. The summed E-state index contributed by atoms with van der Waals surface area (Å²) in [6, 6.07) is 12.9. The van der Waals surface area contributed by atoms with E-state index < -0.39 is 0 Å². The lowest BCUT2D eigenvalue weighted by atomic mass is 10.2. The minimum absolute atomic E-state index is 0.434. The zero-order valence-corrected chi connectivity index (χ0v) is 12.5. The average Bonchev–Trinajstić information content (AvgIpc) is 3.05. The molecule has 3 rings (SSSR count). The Labute approximate surface area is 133 Å². The van der Waals surface area contributed by atoms with Crippen molar-refractivity contribution in [3.05, 3.63) is 48.0 Å². The van der Waals surface area contributed by atoms with Gasteiger partial charge in [0.2, 0.25) is 5.95 Å². The molecule has 0 fully saturated rings. The number of nitrogens with zero attached hydrogens (tertiary/aromatic N) is 2. The number of methoxy groups -OCH3 is 1. The third-order valence-electron chi connectivity index (χ3n) is 3.33. The number of hydrogen-bond acceptors (Lipinski definition) is 6. The summed E-state index contributed by atoms with van der Waals surface area (Å²) in [5.74, 6) is 1.82. The van der Waals surface area contributed by atoms with Crippen molar-refractivity contribution in [3.63, 3.8) is 0 Å². The highest BCUT2D eigenvalue weighted by Gasteiger charge is 2.07.